The van der Waals surface area contributed by atoms with Crippen molar-refractivity contribution in [2.45, 2.75) is 6.92 Å². The Morgan fingerprint density at radius 1 is 1.41 bits per heavy atom. The summed E-state index contributed by atoms with van der Waals surface area (Å²) >= 11 is 5.71. The van der Waals surface area contributed by atoms with Gasteiger partial charge in [-0.05, 0) is 25.1 Å². The van der Waals surface area contributed by atoms with Gasteiger partial charge in [0.1, 0.15) is 10.6 Å². The Labute approximate surface area is 156 Å². The Balaban J connectivity index is 1.67. The van der Waals surface area contributed by atoms with Crippen molar-refractivity contribution in [1.82, 2.24) is 14.6 Å². The molecule has 3 rings (SSSR count). The molecule has 0 bridgehead atoms. The van der Waals surface area contributed by atoms with Crippen molar-refractivity contribution >= 4 is 40.5 Å². The van der Waals surface area contributed by atoms with Gasteiger partial charge in [-0.3, -0.25) is 14.9 Å². The first-order chi connectivity index (χ1) is 12.9. The van der Waals surface area contributed by atoms with Gasteiger partial charge in [0.25, 0.3) is 11.6 Å². The summed E-state index contributed by atoms with van der Waals surface area (Å²) in [6.45, 7) is 1.04. The summed E-state index contributed by atoms with van der Waals surface area (Å²) in [7, 11) is 0. The molecule has 11 heteroatoms. The number of hydrogen-bond acceptors (Lipinski definition) is 7. The van der Waals surface area contributed by atoms with Crippen LogP contribution >= 0.6 is 11.6 Å². The molecule has 0 radical (unpaired) electrons. The van der Waals surface area contributed by atoms with Gasteiger partial charge in [0.2, 0.25) is 0 Å². The lowest BCUT2D eigenvalue weighted by Gasteiger charge is -2.07. The van der Waals surface area contributed by atoms with E-state index in [1.807, 2.05) is 0 Å². The van der Waals surface area contributed by atoms with E-state index in [9.17, 15) is 19.7 Å². The number of aryl methyl sites for hydroxylation is 1. The first kappa shape index (κ1) is 18.3. The zero-order valence-corrected chi connectivity index (χ0v) is 14.6. The molecule has 3 aromatic rings. The highest BCUT2D eigenvalue weighted by Gasteiger charge is 2.21. The Morgan fingerprint density at radius 3 is 2.93 bits per heavy atom. The van der Waals surface area contributed by atoms with Crippen LogP contribution < -0.4 is 5.32 Å². The molecule has 0 fully saturated rings. The van der Waals surface area contributed by atoms with Gasteiger partial charge >= 0.3 is 5.97 Å². The zero-order chi connectivity index (χ0) is 19.6. The van der Waals surface area contributed by atoms with Crippen LogP contribution in [0.2, 0.25) is 5.02 Å². The Kier molecular flexibility index (Phi) is 4.99. The van der Waals surface area contributed by atoms with Gasteiger partial charge in [-0.15, -0.1) is 0 Å². The molecule has 1 amide bonds. The van der Waals surface area contributed by atoms with E-state index < -0.39 is 23.4 Å². The molecule has 0 saturated carbocycles. The fraction of sp³-hybridized carbons (Fsp3) is 0.125. The fourth-order valence-corrected chi connectivity index (χ4v) is 2.55. The summed E-state index contributed by atoms with van der Waals surface area (Å²) < 4.78 is 6.44. The SMILES string of the molecule is Cc1nn2cccnc2c1C(=O)OCC(=O)Nc1ccc(Cl)c([N+](=O)[O-])c1. The van der Waals surface area contributed by atoms with E-state index in [2.05, 4.69) is 15.4 Å². The van der Waals surface area contributed by atoms with Gasteiger partial charge < -0.3 is 10.1 Å². The van der Waals surface area contributed by atoms with E-state index in [0.717, 1.165) is 6.07 Å². The van der Waals surface area contributed by atoms with Crippen molar-refractivity contribution in [3.8, 4) is 0 Å². The van der Waals surface area contributed by atoms with Crippen LogP contribution in [-0.2, 0) is 9.53 Å². The van der Waals surface area contributed by atoms with Gasteiger partial charge in [-0.2, -0.15) is 5.10 Å². The van der Waals surface area contributed by atoms with Gasteiger partial charge in [0.15, 0.2) is 12.3 Å². The van der Waals surface area contributed by atoms with E-state index in [0.29, 0.717) is 11.3 Å². The van der Waals surface area contributed by atoms with Crippen LogP contribution in [0.25, 0.3) is 5.65 Å². The minimum atomic E-state index is -0.751. The molecule has 0 spiro atoms. The van der Waals surface area contributed by atoms with Gasteiger partial charge in [-0.1, -0.05) is 11.6 Å². The predicted octanol–water partition coefficient (Wildman–Crippen LogP) is 2.39. The minimum Gasteiger partial charge on any atom is -0.452 e. The molecule has 1 aromatic carbocycles. The first-order valence-electron chi connectivity index (χ1n) is 7.57. The summed E-state index contributed by atoms with van der Waals surface area (Å²) in [5.41, 5.74) is 0.687. The van der Waals surface area contributed by atoms with Crippen LogP contribution in [0.15, 0.2) is 36.7 Å². The van der Waals surface area contributed by atoms with Crippen molar-refractivity contribution in [3.05, 3.63) is 63.1 Å². The van der Waals surface area contributed by atoms with Crippen molar-refractivity contribution in [2.24, 2.45) is 0 Å². The number of aromatic nitrogens is 3. The maximum atomic E-state index is 12.3. The maximum Gasteiger partial charge on any atom is 0.344 e. The van der Waals surface area contributed by atoms with Crippen LogP contribution in [0.5, 0.6) is 0 Å². The number of amides is 1. The molecule has 1 N–H and O–H groups in total. The number of esters is 1. The maximum absolute atomic E-state index is 12.3. The summed E-state index contributed by atoms with van der Waals surface area (Å²) in [6.07, 6.45) is 3.14. The van der Waals surface area contributed by atoms with E-state index in [1.165, 1.54) is 22.8 Å². The number of fused-ring (bicyclic) bond motifs is 1. The summed E-state index contributed by atoms with van der Waals surface area (Å²) in [5.74, 6) is -1.42. The molecule has 0 aliphatic carbocycles. The van der Waals surface area contributed by atoms with Gasteiger partial charge in [0, 0.05) is 24.1 Å². The molecule has 0 aliphatic heterocycles. The summed E-state index contributed by atoms with van der Waals surface area (Å²) in [6, 6.07) is 5.46. The molecule has 138 valence electrons. The lowest BCUT2D eigenvalue weighted by atomic mass is 10.2. The zero-order valence-electron chi connectivity index (χ0n) is 13.9. The topological polar surface area (TPSA) is 129 Å². The van der Waals surface area contributed by atoms with E-state index in [4.69, 9.17) is 16.3 Å². The number of halogens is 1. The molecule has 2 aromatic heterocycles. The minimum absolute atomic E-state index is 0.0551. The Hall–Kier alpha value is -3.53. The highest BCUT2D eigenvalue weighted by atomic mass is 35.5. The van der Waals surface area contributed by atoms with Gasteiger partial charge in [0.05, 0.1) is 10.6 Å². The standard InChI is InChI=1S/C16H12ClN5O5/c1-9-14(15-18-5-2-6-21(15)20-9)16(24)27-8-13(23)19-10-3-4-11(17)12(7-10)22(25)26/h2-7H,8H2,1H3,(H,19,23). The highest BCUT2D eigenvalue weighted by Crippen LogP contribution is 2.27. The number of nitro groups is 1. The lowest BCUT2D eigenvalue weighted by molar-refractivity contribution is -0.384. The molecule has 0 saturated heterocycles. The van der Waals surface area contributed by atoms with Crippen molar-refractivity contribution in [2.75, 3.05) is 11.9 Å². The van der Waals surface area contributed by atoms with E-state index in [1.54, 1.807) is 19.2 Å². The van der Waals surface area contributed by atoms with Gasteiger partial charge in [-0.25, -0.2) is 14.3 Å². The Morgan fingerprint density at radius 2 is 2.19 bits per heavy atom. The molecule has 0 atom stereocenters. The number of carbonyl (C=O) groups is 2. The number of rotatable bonds is 5. The number of nitrogens with one attached hydrogen (secondary N) is 1. The van der Waals surface area contributed by atoms with E-state index in [-0.39, 0.29) is 22.0 Å². The predicted molar refractivity (Wildman–Crippen MR) is 94.7 cm³/mol. The molecule has 27 heavy (non-hydrogen) atoms. The molecule has 0 aliphatic rings. The quantitative estimate of drug-likeness (QED) is 0.403. The van der Waals surface area contributed by atoms with Crippen molar-refractivity contribution in [1.29, 1.82) is 0 Å². The summed E-state index contributed by atoms with van der Waals surface area (Å²) in [5, 5.41) is 17.4. The molecular weight excluding hydrogens is 378 g/mol. The third-order valence-electron chi connectivity index (χ3n) is 3.54. The van der Waals surface area contributed by atoms with Crippen LogP contribution in [0, 0.1) is 17.0 Å². The second-order valence-electron chi connectivity index (χ2n) is 5.40. The lowest BCUT2D eigenvalue weighted by Crippen LogP contribution is -2.21. The van der Waals surface area contributed by atoms with E-state index >= 15 is 0 Å². The largest absolute Gasteiger partial charge is 0.452 e. The summed E-state index contributed by atoms with van der Waals surface area (Å²) in [4.78, 5) is 38.5. The smallest absolute Gasteiger partial charge is 0.344 e. The molecular formula is C16H12ClN5O5. The normalized spacial score (nSPS) is 10.6. The number of anilines is 1. The van der Waals surface area contributed by atoms with Crippen molar-refractivity contribution in [3.63, 3.8) is 0 Å². The number of carbonyl (C=O) groups excluding carboxylic acids is 2. The first-order valence-corrected chi connectivity index (χ1v) is 7.95. The number of nitro benzene ring substituents is 1. The van der Waals surface area contributed by atoms with Crippen molar-refractivity contribution < 1.29 is 19.2 Å². The van der Waals surface area contributed by atoms with Crippen LogP contribution in [0.3, 0.4) is 0 Å². The average Bonchev–Trinajstić information content (AvgIpc) is 2.97. The third kappa shape index (κ3) is 3.85. The number of hydrogen-bond donors (Lipinski definition) is 1. The second kappa shape index (κ2) is 7.38. The monoisotopic (exact) mass is 389 g/mol. The number of nitrogens with zero attached hydrogens (tertiary/aromatic N) is 4. The fourth-order valence-electron chi connectivity index (χ4n) is 2.37. The number of benzene rings is 1. The molecule has 10 nitrogen and oxygen atoms in total. The van der Waals surface area contributed by atoms with Crippen LogP contribution in [0.4, 0.5) is 11.4 Å². The number of ether oxygens (including phenoxy) is 1. The average molecular weight is 390 g/mol. The Bertz CT molecular complexity index is 1060. The third-order valence-corrected chi connectivity index (χ3v) is 3.85. The molecule has 0 unspecified atom stereocenters. The highest BCUT2D eigenvalue weighted by molar-refractivity contribution is 6.32. The molecule has 2 heterocycles. The van der Waals surface area contributed by atoms with Crippen LogP contribution in [-0.4, -0.2) is 38.0 Å². The second-order valence-corrected chi connectivity index (χ2v) is 5.80. The van der Waals surface area contributed by atoms with Crippen LogP contribution in [0.1, 0.15) is 16.1 Å².